The molecule has 0 saturated carbocycles. The topological polar surface area (TPSA) is 70.8 Å². The standard InChI is InChI=1S/C16H19NO5/c1-16(2,3)12-9-13(17-22-12)21-15(18)14-10(19-4)7-6-8-11(14)20-5/h6-9H,1-5H3. The van der Waals surface area contributed by atoms with E-state index in [9.17, 15) is 4.79 Å². The van der Waals surface area contributed by atoms with Crippen LogP contribution in [0.5, 0.6) is 17.4 Å². The van der Waals surface area contributed by atoms with Crippen molar-refractivity contribution in [3.63, 3.8) is 0 Å². The Kier molecular flexibility index (Phi) is 4.40. The Morgan fingerprint density at radius 3 is 2.18 bits per heavy atom. The molecule has 0 aliphatic carbocycles. The third kappa shape index (κ3) is 3.21. The summed E-state index contributed by atoms with van der Waals surface area (Å²) in [5, 5.41) is 3.76. The molecule has 0 aliphatic heterocycles. The van der Waals surface area contributed by atoms with E-state index < -0.39 is 5.97 Å². The number of ether oxygens (including phenoxy) is 3. The van der Waals surface area contributed by atoms with Crippen LogP contribution >= 0.6 is 0 Å². The van der Waals surface area contributed by atoms with Gasteiger partial charge in [-0.15, -0.1) is 0 Å². The third-order valence-corrected chi connectivity index (χ3v) is 3.06. The van der Waals surface area contributed by atoms with Crippen molar-refractivity contribution in [1.29, 1.82) is 0 Å². The summed E-state index contributed by atoms with van der Waals surface area (Å²) < 4.78 is 20.8. The van der Waals surface area contributed by atoms with Crippen molar-refractivity contribution in [2.45, 2.75) is 26.2 Å². The number of carbonyl (C=O) groups is 1. The highest BCUT2D eigenvalue weighted by atomic mass is 16.6. The predicted molar refractivity (Wildman–Crippen MR) is 79.7 cm³/mol. The maximum Gasteiger partial charge on any atom is 0.352 e. The highest BCUT2D eigenvalue weighted by Crippen LogP contribution is 2.30. The highest BCUT2D eigenvalue weighted by Gasteiger charge is 2.24. The first-order valence-electron chi connectivity index (χ1n) is 6.77. The van der Waals surface area contributed by atoms with E-state index in [0.717, 1.165) is 0 Å². The van der Waals surface area contributed by atoms with E-state index in [-0.39, 0.29) is 16.9 Å². The normalized spacial score (nSPS) is 11.1. The van der Waals surface area contributed by atoms with E-state index in [1.807, 2.05) is 20.8 Å². The molecule has 2 aromatic rings. The number of rotatable bonds is 4. The quantitative estimate of drug-likeness (QED) is 0.808. The van der Waals surface area contributed by atoms with Crippen molar-refractivity contribution in [3.8, 4) is 17.4 Å². The molecule has 1 aromatic carbocycles. The Hall–Kier alpha value is -2.50. The second-order valence-corrected chi connectivity index (χ2v) is 5.71. The highest BCUT2D eigenvalue weighted by molar-refractivity contribution is 5.96. The lowest BCUT2D eigenvalue weighted by atomic mass is 9.94. The molecule has 0 aliphatic rings. The second-order valence-electron chi connectivity index (χ2n) is 5.71. The minimum atomic E-state index is -0.622. The zero-order valence-corrected chi connectivity index (χ0v) is 13.3. The van der Waals surface area contributed by atoms with Gasteiger partial charge in [0, 0.05) is 11.5 Å². The van der Waals surface area contributed by atoms with Gasteiger partial charge in [0.25, 0.3) is 5.88 Å². The summed E-state index contributed by atoms with van der Waals surface area (Å²) in [5.41, 5.74) is -0.0208. The summed E-state index contributed by atoms with van der Waals surface area (Å²) in [7, 11) is 2.94. The SMILES string of the molecule is COc1cccc(OC)c1C(=O)Oc1cc(C(C)(C)C)on1. The van der Waals surface area contributed by atoms with E-state index in [2.05, 4.69) is 5.16 Å². The Morgan fingerprint density at radius 1 is 1.14 bits per heavy atom. The molecule has 6 nitrogen and oxygen atoms in total. The van der Waals surface area contributed by atoms with Gasteiger partial charge >= 0.3 is 5.97 Å². The molecule has 0 radical (unpaired) electrons. The molecule has 22 heavy (non-hydrogen) atoms. The summed E-state index contributed by atoms with van der Waals surface area (Å²) in [6, 6.07) is 6.63. The van der Waals surface area contributed by atoms with Gasteiger partial charge in [0.2, 0.25) is 0 Å². The van der Waals surface area contributed by atoms with Gasteiger partial charge in [-0.3, -0.25) is 0 Å². The number of aromatic nitrogens is 1. The molecule has 0 N–H and O–H groups in total. The second kappa shape index (κ2) is 6.09. The van der Waals surface area contributed by atoms with Crippen LogP contribution in [0.25, 0.3) is 0 Å². The zero-order valence-electron chi connectivity index (χ0n) is 13.3. The molecule has 1 heterocycles. The number of carbonyl (C=O) groups excluding carboxylic acids is 1. The summed E-state index contributed by atoms with van der Waals surface area (Å²) in [5.74, 6) is 0.834. The summed E-state index contributed by atoms with van der Waals surface area (Å²) in [4.78, 5) is 12.4. The first-order chi connectivity index (χ1) is 10.4. The molecular weight excluding hydrogens is 286 g/mol. The Labute approximate surface area is 129 Å². The monoisotopic (exact) mass is 305 g/mol. The minimum Gasteiger partial charge on any atom is -0.496 e. The maximum absolute atomic E-state index is 12.4. The number of nitrogens with zero attached hydrogens (tertiary/aromatic N) is 1. The average molecular weight is 305 g/mol. The van der Waals surface area contributed by atoms with E-state index >= 15 is 0 Å². The Morgan fingerprint density at radius 2 is 1.73 bits per heavy atom. The van der Waals surface area contributed by atoms with Gasteiger partial charge in [-0.1, -0.05) is 26.8 Å². The maximum atomic E-state index is 12.4. The number of esters is 1. The molecule has 6 heteroatoms. The van der Waals surface area contributed by atoms with Gasteiger partial charge in [0.1, 0.15) is 22.8 Å². The van der Waals surface area contributed by atoms with Crippen LogP contribution in [0.1, 0.15) is 36.9 Å². The zero-order chi connectivity index (χ0) is 16.3. The number of hydrogen-bond acceptors (Lipinski definition) is 6. The van der Waals surface area contributed by atoms with Gasteiger partial charge in [-0.05, 0) is 17.3 Å². The van der Waals surface area contributed by atoms with Crippen molar-refractivity contribution in [2.75, 3.05) is 14.2 Å². The lowest BCUT2D eigenvalue weighted by Gasteiger charge is -2.12. The van der Waals surface area contributed by atoms with Crippen molar-refractivity contribution < 1.29 is 23.5 Å². The third-order valence-electron chi connectivity index (χ3n) is 3.06. The van der Waals surface area contributed by atoms with E-state index in [1.54, 1.807) is 24.3 Å². The molecule has 0 saturated heterocycles. The van der Waals surface area contributed by atoms with Crippen LogP contribution in [-0.4, -0.2) is 25.3 Å². The van der Waals surface area contributed by atoms with E-state index in [1.165, 1.54) is 14.2 Å². The number of methoxy groups -OCH3 is 2. The average Bonchev–Trinajstić information content (AvgIpc) is 2.94. The fourth-order valence-electron chi connectivity index (χ4n) is 1.86. The predicted octanol–water partition coefficient (Wildman–Crippen LogP) is 3.21. The van der Waals surface area contributed by atoms with Crippen LogP contribution in [0, 0.1) is 0 Å². The van der Waals surface area contributed by atoms with Crippen molar-refractivity contribution in [3.05, 3.63) is 35.6 Å². The van der Waals surface area contributed by atoms with Gasteiger partial charge in [0.05, 0.1) is 14.2 Å². The first kappa shape index (κ1) is 15.9. The lowest BCUT2D eigenvalue weighted by Crippen LogP contribution is -2.12. The van der Waals surface area contributed by atoms with Crippen LogP contribution in [0.2, 0.25) is 0 Å². The Bertz CT molecular complexity index is 647. The van der Waals surface area contributed by atoms with Gasteiger partial charge in [-0.2, -0.15) is 0 Å². The van der Waals surface area contributed by atoms with E-state index in [4.69, 9.17) is 18.7 Å². The minimum absolute atomic E-state index is 0.0999. The van der Waals surface area contributed by atoms with Crippen LogP contribution in [0.3, 0.4) is 0 Å². The molecule has 0 spiro atoms. The van der Waals surface area contributed by atoms with Gasteiger partial charge in [0.15, 0.2) is 0 Å². The molecule has 2 rings (SSSR count). The molecule has 118 valence electrons. The molecule has 0 fully saturated rings. The first-order valence-corrected chi connectivity index (χ1v) is 6.77. The van der Waals surface area contributed by atoms with Crippen molar-refractivity contribution >= 4 is 5.97 Å². The largest absolute Gasteiger partial charge is 0.496 e. The van der Waals surface area contributed by atoms with Gasteiger partial charge < -0.3 is 18.7 Å². The van der Waals surface area contributed by atoms with Crippen molar-refractivity contribution in [2.24, 2.45) is 0 Å². The lowest BCUT2D eigenvalue weighted by molar-refractivity contribution is 0.0713. The fraction of sp³-hybridized carbons (Fsp3) is 0.375. The molecule has 0 atom stereocenters. The van der Waals surface area contributed by atoms with Gasteiger partial charge in [-0.25, -0.2) is 4.79 Å². The molecular formula is C16H19NO5. The van der Waals surface area contributed by atoms with E-state index in [0.29, 0.717) is 17.3 Å². The molecule has 0 unspecified atom stereocenters. The molecule has 1 aromatic heterocycles. The summed E-state index contributed by atoms with van der Waals surface area (Å²) >= 11 is 0. The summed E-state index contributed by atoms with van der Waals surface area (Å²) in [6.45, 7) is 5.92. The summed E-state index contributed by atoms with van der Waals surface area (Å²) in [6.07, 6.45) is 0. The number of hydrogen-bond donors (Lipinski definition) is 0. The van der Waals surface area contributed by atoms with Crippen molar-refractivity contribution in [1.82, 2.24) is 5.16 Å². The van der Waals surface area contributed by atoms with Crippen LogP contribution < -0.4 is 14.2 Å². The fourth-order valence-corrected chi connectivity index (χ4v) is 1.86. The van der Waals surface area contributed by atoms with Crippen LogP contribution in [0.4, 0.5) is 0 Å². The molecule has 0 amide bonds. The Balaban J connectivity index is 2.28. The van der Waals surface area contributed by atoms with Crippen LogP contribution in [-0.2, 0) is 5.41 Å². The van der Waals surface area contributed by atoms with Crippen LogP contribution in [0.15, 0.2) is 28.8 Å². The smallest absolute Gasteiger partial charge is 0.352 e. The number of benzene rings is 1. The molecule has 0 bridgehead atoms.